The van der Waals surface area contributed by atoms with Gasteiger partial charge >= 0.3 is 12.0 Å². The number of carboxylic acid groups (broad SMARTS) is 1. The highest BCUT2D eigenvalue weighted by Gasteiger charge is 2.26. The van der Waals surface area contributed by atoms with Crippen molar-refractivity contribution in [2.24, 2.45) is 0 Å². The maximum absolute atomic E-state index is 12.8. The first-order valence-corrected chi connectivity index (χ1v) is 12.6. The van der Waals surface area contributed by atoms with Gasteiger partial charge in [0.05, 0.1) is 4.90 Å². The van der Waals surface area contributed by atoms with E-state index in [1.807, 2.05) is 44.2 Å². The van der Waals surface area contributed by atoms with Crippen molar-refractivity contribution in [2.75, 3.05) is 5.32 Å². The molecule has 0 spiro atoms. The first-order chi connectivity index (χ1) is 16.5. The number of amides is 2. The topological polar surface area (TPSA) is 125 Å². The lowest BCUT2D eigenvalue weighted by Gasteiger charge is -2.16. The van der Waals surface area contributed by atoms with Crippen LogP contribution in [0.2, 0.25) is 0 Å². The molecule has 0 aliphatic carbocycles. The molecule has 0 saturated carbocycles. The highest BCUT2D eigenvalue weighted by molar-refractivity contribution is 7.89. The first kappa shape index (κ1) is 25.9. The molecule has 0 radical (unpaired) electrons. The number of carbonyl (C=O) groups excluding carboxylic acids is 1. The van der Waals surface area contributed by atoms with Crippen molar-refractivity contribution in [3.63, 3.8) is 0 Å². The summed E-state index contributed by atoms with van der Waals surface area (Å²) in [6.07, 6.45) is -0.0162. The van der Waals surface area contributed by atoms with E-state index in [1.165, 1.54) is 6.07 Å². The van der Waals surface area contributed by atoms with E-state index in [0.717, 1.165) is 11.1 Å². The van der Waals surface area contributed by atoms with Crippen LogP contribution in [-0.2, 0) is 21.2 Å². The molecule has 4 N–H and O–H groups in total. The molecule has 1 unspecified atom stereocenters. The number of sulfonamides is 1. The van der Waals surface area contributed by atoms with Gasteiger partial charge < -0.3 is 15.7 Å². The summed E-state index contributed by atoms with van der Waals surface area (Å²) in [6, 6.07) is 19.4. The Balaban J connectivity index is 1.73. The number of carboxylic acids is 1. The van der Waals surface area contributed by atoms with E-state index in [0.29, 0.717) is 16.8 Å². The minimum Gasteiger partial charge on any atom is -0.480 e. The number of aryl methyl sites for hydroxylation is 1. The summed E-state index contributed by atoms with van der Waals surface area (Å²) in [7, 11) is -4.00. The summed E-state index contributed by atoms with van der Waals surface area (Å²) < 4.78 is 27.8. The summed E-state index contributed by atoms with van der Waals surface area (Å²) in [4.78, 5) is 23.8. The lowest BCUT2D eigenvalue weighted by molar-refractivity contribution is -0.138. The Morgan fingerprint density at radius 2 is 1.60 bits per heavy atom. The maximum Gasteiger partial charge on any atom is 0.322 e. The number of hydrogen-bond acceptors (Lipinski definition) is 4. The molecule has 0 bridgehead atoms. The van der Waals surface area contributed by atoms with Gasteiger partial charge in [-0.2, -0.15) is 4.72 Å². The minimum atomic E-state index is -4.00. The quantitative estimate of drug-likeness (QED) is 0.355. The fraction of sp³-hybridized carbons (Fsp3) is 0.231. The van der Waals surface area contributed by atoms with Gasteiger partial charge in [0.25, 0.3) is 0 Å². The third-order valence-electron chi connectivity index (χ3n) is 5.25. The van der Waals surface area contributed by atoms with Crippen molar-refractivity contribution in [3.05, 3.63) is 83.9 Å². The molecule has 3 aromatic carbocycles. The van der Waals surface area contributed by atoms with Gasteiger partial charge in [0.1, 0.15) is 6.04 Å². The third kappa shape index (κ3) is 7.14. The molecule has 3 aromatic rings. The highest BCUT2D eigenvalue weighted by Crippen LogP contribution is 2.24. The van der Waals surface area contributed by atoms with Crippen molar-refractivity contribution in [3.8, 4) is 11.1 Å². The Labute approximate surface area is 205 Å². The average molecular weight is 496 g/mol. The largest absolute Gasteiger partial charge is 0.480 e. The first-order valence-electron chi connectivity index (χ1n) is 11.1. The van der Waals surface area contributed by atoms with Crippen LogP contribution < -0.4 is 15.4 Å². The zero-order valence-electron chi connectivity index (χ0n) is 19.8. The number of benzene rings is 3. The molecule has 0 saturated heterocycles. The normalized spacial score (nSPS) is 12.2. The lowest BCUT2D eigenvalue weighted by Crippen LogP contribution is -2.42. The van der Waals surface area contributed by atoms with Crippen molar-refractivity contribution in [1.29, 1.82) is 0 Å². The van der Waals surface area contributed by atoms with Crippen LogP contribution in [0.4, 0.5) is 10.5 Å². The number of urea groups is 1. The van der Waals surface area contributed by atoms with Crippen molar-refractivity contribution >= 4 is 27.7 Å². The molecule has 0 heterocycles. The SMILES string of the molecule is Cc1ccccc1S(=O)(=O)NC(Cc1ccc(-c2cccc(NC(=O)NC(C)C)c2)cc1)C(=O)O. The number of carbonyl (C=O) groups is 2. The van der Waals surface area contributed by atoms with Crippen LogP contribution in [0.1, 0.15) is 25.0 Å². The van der Waals surface area contributed by atoms with Crippen molar-refractivity contribution in [2.45, 2.75) is 44.2 Å². The van der Waals surface area contributed by atoms with Gasteiger partial charge in [0.2, 0.25) is 10.0 Å². The monoisotopic (exact) mass is 495 g/mol. The fourth-order valence-corrected chi connectivity index (χ4v) is 5.00. The Morgan fingerprint density at radius 1 is 0.914 bits per heavy atom. The van der Waals surface area contributed by atoms with E-state index in [-0.39, 0.29) is 23.4 Å². The van der Waals surface area contributed by atoms with Gasteiger partial charge in [-0.05, 0) is 67.6 Å². The van der Waals surface area contributed by atoms with E-state index in [9.17, 15) is 23.1 Å². The molecular weight excluding hydrogens is 466 g/mol. The van der Waals surface area contributed by atoms with Gasteiger partial charge in [-0.1, -0.05) is 54.6 Å². The second-order valence-electron chi connectivity index (χ2n) is 8.51. The van der Waals surface area contributed by atoms with Gasteiger partial charge in [0.15, 0.2) is 0 Å². The molecular formula is C26H29N3O5S. The molecule has 8 nitrogen and oxygen atoms in total. The predicted octanol–water partition coefficient (Wildman–Crippen LogP) is 4.17. The van der Waals surface area contributed by atoms with E-state index < -0.39 is 22.0 Å². The Hall–Kier alpha value is -3.69. The highest BCUT2D eigenvalue weighted by atomic mass is 32.2. The Morgan fingerprint density at radius 3 is 2.23 bits per heavy atom. The summed E-state index contributed by atoms with van der Waals surface area (Å²) in [5.74, 6) is -1.26. The molecule has 0 aliphatic rings. The average Bonchev–Trinajstić information content (AvgIpc) is 2.78. The molecule has 3 rings (SSSR count). The maximum atomic E-state index is 12.8. The third-order valence-corrected chi connectivity index (χ3v) is 6.88. The zero-order chi connectivity index (χ0) is 25.6. The van der Waals surface area contributed by atoms with Crippen LogP contribution in [-0.4, -0.2) is 37.6 Å². The molecule has 0 aliphatic heterocycles. The van der Waals surface area contributed by atoms with Gasteiger partial charge in [-0.3, -0.25) is 4.79 Å². The second-order valence-corrected chi connectivity index (χ2v) is 10.2. The minimum absolute atomic E-state index is 0.0153. The Kier molecular flexibility index (Phi) is 8.26. The molecule has 184 valence electrons. The van der Waals surface area contributed by atoms with Crippen molar-refractivity contribution in [1.82, 2.24) is 10.0 Å². The number of anilines is 1. The van der Waals surface area contributed by atoms with Crippen LogP contribution in [0.25, 0.3) is 11.1 Å². The summed E-state index contributed by atoms with van der Waals surface area (Å²) >= 11 is 0. The second kappa shape index (κ2) is 11.2. The zero-order valence-corrected chi connectivity index (χ0v) is 20.6. The number of hydrogen-bond donors (Lipinski definition) is 4. The van der Waals surface area contributed by atoms with Crippen LogP contribution in [0.15, 0.2) is 77.7 Å². The summed E-state index contributed by atoms with van der Waals surface area (Å²) in [6.45, 7) is 5.41. The molecule has 0 aromatic heterocycles. The molecule has 1 atom stereocenters. The van der Waals surface area contributed by atoms with E-state index in [4.69, 9.17) is 0 Å². The number of aliphatic carboxylic acids is 1. The van der Waals surface area contributed by atoms with Gasteiger partial charge in [-0.25, -0.2) is 13.2 Å². The predicted molar refractivity (Wildman–Crippen MR) is 136 cm³/mol. The molecule has 9 heteroatoms. The van der Waals surface area contributed by atoms with Crippen molar-refractivity contribution < 1.29 is 23.1 Å². The molecule has 35 heavy (non-hydrogen) atoms. The van der Waals surface area contributed by atoms with Gasteiger partial charge in [-0.15, -0.1) is 0 Å². The smallest absolute Gasteiger partial charge is 0.322 e. The van der Waals surface area contributed by atoms with Gasteiger partial charge in [0, 0.05) is 11.7 Å². The Bertz CT molecular complexity index is 1300. The van der Waals surface area contributed by atoms with E-state index >= 15 is 0 Å². The molecule has 2 amide bonds. The van der Waals surface area contributed by atoms with Crippen LogP contribution in [0, 0.1) is 6.92 Å². The van der Waals surface area contributed by atoms with E-state index in [1.54, 1.807) is 43.3 Å². The van der Waals surface area contributed by atoms with Crippen LogP contribution in [0.5, 0.6) is 0 Å². The van der Waals surface area contributed by atoms with Crippen LogP contribution >= 0.6 is 0 Å². The summed E-state index contributed by atoms with van der Waals surface area (Å²) in [5, 5.41) is 15.2. The standard InChI is InChI=1S/C26H29N3O5S/c1-17(2)27-26(32)28-22-9-6-8-21(16-22)20-13-11-19(12-14-20)15-23(25(30)31)29-35(33,34)24-10-5-4-7-18(24)3/h4-14,16-17,23,29H,15H2,1-3H3,(H,30,31)(H2,27,28,32). The van der Waals surface area contributed by atoms with E-state index in [2.05, 4.69) is 15.4 Å². The number of nitrogens with one attached hydrogen (secondary N) is 3. The molecule has 0 fully saturated rings. The summed E-state index contributed by atoms with van der Waals surface area (Å²) in [5.41, 5.74) is 3.58. The lowest BCUT2D eigenvalue weighted by atomic mass is 10.0. The van der Waals surface area contributed by atoms with Crippen LogP contribution in [0.3, 0.4) is 0 Å². The number of rotatable bonds is 9. The fourth-order valence-electron chi connectivity index (χ4n) is 3.56.